The van der Waals surface area contributed by atoms with Crippen LogP contribution in [0.25, 0.3) is 33.5 Å². The van der Waals surface area contributed by atoms with E-state index < -0.39 is 0 Å². The van der Waals surface area contributed by atoms with Crippen LogP contribution in [-0.4, -0.2) is 44.3 Å². The fourth-order valence-electron chi connectivity index (χ4n) is 4.32. The van der Waals surface area contributed by atoms with Gasteiger partial charge in [0.25, 0.3) is 0 Å². The Labute approximate surface area is 195 Å². The number of nitrogens with zero attached hydrogens (tertiary/aromatic N) is 6. The molecule has 1 aromatic carbocycles. The van der Waals surface area contributed by atoms with E-state index in [0.717, 1.165) is 39.2 Å². The van der Waals surface area contributed by atoms with Gasteiger partial charge in [-0.1, -0.05) is 6.07 Å². The summed E-state index contributed by atoms with van der Waals surface area (Å²) in [5.41, 5.74) is 7.49. The predicted octanol–water partition coefficient (Wildman–Crippen LogP) is 4.77. The Morgan fingerprint density at radius 2 is 1.85 bits per heavy atom. The molecule has 0 amide bonds. The summed E-state index contributed by atoms with van der Waals surface area (Å²) < 4.78 is 15.2. The average Bonchev–Trinajstić information content (AvgIpc) is 3.29. The number of hydrogen-bond donors (Lipinski definition) is 1. The number of nitrogens with one attached hydrogen (secondary N) is 1. The number of halogens is 1. The molecular formula is C26H20FN7. The zero-order valence-corrected chi connectivity index (χ0v) is 18.6. The fourth-order valence-corrected chi connectivity index (χ4v) is 4.32. The zero-order chi connectivity index (χ0) is 23.2. The summed E-state index contributed by atoms with van der Waals surface area (Å²) >= 11 is 0. The third-order valence-electron chi connectivity index (χ3n) is 6.08. The van der Waals surface area contributed by atoms with Gasteiger partial charge in [0.15, 0.2) is 11.5 Å². The minimum atomic E-state index is -0.299. The second kappa shape index (κ2) is 7.84. The molecule has 34 heavy (non-hydrogen) atoms. The van der Waals surface area contributed by atoms with Gasteiger partial charge in [-0.3, -0.25) is 15.0 Å². The fraction of sp³-hybridized carbons (Fsp3) is 0.115. The molecule has 0 saturated heterocycles. The normalized spacial score (nSPS) is 13.1. The number of H-pyrrole nitrogens is 1. The Morgan fingerprint density at radius 3 is 2.68 bits per heavy atom. The SMILES string of the molecule is Cc1ccncc1-c1cc2c(cc1F)N(C)CN=C2c1nc2nccc(-c3ccccn3)c2[nH]1. The number of aromatic nitrogens is 5. The van der Waals surface area contributed by atoms with E-state index in [1.165, 1.54) is 0 Å². The van der Waals surface area contributed by atoms with Crippen LogP contribution in [0, 0.1) is 12.7 Å². The molecule has 166 valence electrons. The first kappa shape index (κ1) is 20.2. The third-order valence-corrected chi connectivity index (χ3v) is 6.08. The topological polar surface area (TPSA) is 82.9 Å². The quantitative estimate of drug-likeness (QED) is 0.429. The van der Waals surface area contributed by atoms with Gasteiger partial charge in [0.2, 0.25) is 0 Å². The summed E-state index contributed by atoms with van der Waals surface area (Å²) in [6, 6.07) is 13.0. The highest BCUT2D eigenvalue weighted by atomic mass is 19.1. The Bertz CT molecular complexity index is 1570. The van der Waals surface area contributed by atoms with Crippen LogP contribution >= 0.6 is 0 Å². The summed E-state index contributed by atoms with van der Waals surface area (Å²) in [7, 11) is 1.90. The molecule has 5 heterocycles. The van der Waals surface area contributed by atoms with E-state index >= 15 is 4.39 Å². The van der Waals surface area contributed by atoms with Crippen LogP contribution in [0.1, 0.15) is 17.0 Å². The number of hydrogen-bond acceptors (Lipinski definition) is 6. The summed E-state index contributed by atoms with van der Waals surface area (Å²) in [6.07, 6.45) is 6.87. The number of aryl methyl sites for hydroxylation is 1. The number of imidazole rings is 1. The van der Waals surface area contributed by atoms with Crippen molar-refractivity contribution in [3.05, 3.63) is 90.0 Å². The summed E-state index contributed by atoms with van der Waals surface area (Å²) in [5.74, 6) is 0.285. The van der Waals surface area contributed by atoms with Crippen molar-refractivity contribution in [2.24, 2.45) is 4.99 Å². The largest absolute Gasteiger partial charge is 0.355 e. The molecule has 0 bridgehead atoms. The molecule has 1 aliphatic heterocycles. The van der Waals surface area contributed by atoms with Gasteiger partial charge in [-0.15, -0.1) is 0 Å². The van der Waals surface area contributed by atoms with Gasteiger partial charge < -0.3 is 9.88 Å². The Balaban J connectivity index is 1.53. The van der Waals surface area contributed by atoms with Gasteiger partial charge >= 0.3 is 0 Å². The first-order valence-corrected chi connectivity index (χ1v) is 10.9. The van der Waals surface area contributed by atoms with Gasteiger partial charge in [-0.2, -0.15) is 0 Å². The standard InChI is InChI=1S/C26H20FN7/c1-15-6-9-28-13-19(15)17-11-18-22(12-20(17)27)34(2)14-31-23(18)26-32-24-16(7-10-30-25(24)33-26)21-5-3-4-8-29-21/h3-13H,14H2,1-2H3,(H,30,32,33). The number of fused-ring (bicyclic) bond motifs is 2. The van der Waals surface area contributed by atoms with E-state index in [0.29, 0.717) is 29.4 Å². The molecule has 0 atom stereocenters. The van der Waals surface area contributed by atoms with Crippen molar-refractivity contribution in [1.82, 2.24) is 24.9 Å². The van der Waals surface area contributed by atoms with Crippen LogP contribution in [0.4, 0.5) is 10.1 Å². The van der Waals surface area contributed by atoms with E-state index in [9.17, 15) is 0 Å². The monoisotopic (exact) mass is 449 g/mol. The number of rotatable bonds is 3. The first-order valence-electron chi connectivity index (χ1n) is 10.9. The Morgan fingerprint density at radius 1 is 0.941 bits per heavy atom. The summed E-state index contributed by atoms with van der Waals surface area (Å²) in [4.78, 5) is 27.9. The molecule has 0 radical (unpaired) electrons. The lowest BCUT2D eigenvalue weighted by atomic mass is 9.96. The summed E-state index contributed by atoms with van der Waals surface area (Å²) in [6.45, 7) is 2.34. The van der Waals surface area contributed by atoms with Gasteiger partial charge in [-0.05, 0) is 48.9 Å². The smallest absolute Gasteiger partial charge is 0.178 e. The molecule has 0 unspecified atom stereocenters. The van der Waals surface area contributed by atoms with Crippen molar-refractivity contribution in [3.63, 3.8) is 0 Å². The van der Waals surface area contributed by atoms with Gasteiger partial charge in [0.1, 0.15) is 18.2 Å². The van der Waals surface area contributed by atoms with Crippen LogP contribution in [0.2, 0.25) is 0 Å². The molecule has 8 heteroatoms. The minimum absolute atomic E-state index is 0.299. The summed E-state index contributed by atoms with van der Waals surface area (Å²) in [5, 5.41) is 0. The molecular weight excluding hydrogens is 429 g/mol. The third kappa shape index (κ3) is 3.23. The number of anilines is 1. The highest BCUT2D eigenvalue weighted by molar-refractivity contribution is 6.16. The lowest BCUT2D eigenvalue weighted by molar-refractivity contribution is 0.630. The van der Waals surface area contributed by atoms with Crippen molar-refractivity contribution < 1.29 is 4.39 Å². The molecule has 1 N–H and O–H groups in total. The molecule has 1 aliphatic rings. The molecule has 5 aromatic rings. The molecule has 7 nitrogen and oxygen atoms in total. The Kier molecular flexibility index (Phi) is 4.65. The van der Waals surface area contributed by atoms with E-state index in [-0.39, 0.29) is 5.82 Å². The lowest BCUT2D eigenvalue weighted by Gasteiger charge is -2.27. The van der Waals surface area contributed by atoms with Crippen molar-refractivity contribution in [3.8, 4) is 22.4 Å². The maximum Gasteiger partial charge on any atom is 0.178 e. The zero-order valence-electron chi connectivity index (χ0n) is 18.6. The highest BCUT2D eigenvalue weighted by Crippen LogP contribution is 2.35. The predicted molar refractivity (Wildman–Crippen MR) is 130 cm³/mol. The van der Waals surface area contributed by atoms with Crippen LogP contribution in [0.15, 0.2) is 72.2 Å². The molecule has 0 spiro atoms. The van der Waals surface area contributed by atoms with E-state index in [4.69, 9.17) is 9.98 Å². The van der Waals surface area contributed by atoms with E-state index in [2.05, 4.69) is 19.9 Å². The van der Waals surface area contributed by atoms with E-state index in [1.807, 2.05) is 55.3 Å². The number of aliphatic imine (C=N–C) groups is 1. The number of aromatic amines is 1. The van der Waals surface area contributed by atoms with Gasteiger partial charge in [-0.25, -0.2) is 14.4 Å². The van der Waals surface area contributed by atoms with Crippen molar-refractivity contribution in [2.45, 2.75) is 6.92 Å². The average molecular weight is 449 g/mol. The molecule has 6 rings (SSSR count). The number of pyridine rings is 3. The van der Waals surface area contributed by atoms with Crippen molar-refractivity contribution in [1.29, 1.82) is 0 Å². The molecule has 4 aromatic heterocycles. The number of benzene rings is 1. The van der Waals surface area contributed by atoms with Gasteiger partial charge in [0.05, 0.1) is 16.9 Å². The molecule has 0 fully saturated rings. The van der Waals surface area contributed by atoms with Crippen LogP contribution < -0.4 is 4.90 Å². The maximum absolute atomic E-state index is 15.2. The molecule has 0 aliphatic carbocycles. The van der Waals surface area contributed by atoms with E-state index in [1.54, 1.807) is 30.9 Å². The molecule has 0 saturated carbocycles. The van der Waals surface area contributed by atoms with Crippen molar-refractivity contribution >= 4 is 22.6 Å². The Hall–Kier alpha value is -4.46. The lowest BCUT2D eigenvalue weighted by Crippen LogP contribution is -2.27. The minimum Gasteiger partial charge on any atom is -0.355 e. The first-order chi connectivity index (χ1) is 16.6. The second-order valence-electron chi connectivity index (χ2n) is 8.24. The van der Waals surface area contributed by atoms with Crippen molar-refractivity contribution in [2.75, 3.05) is 18.6 Å². The van der Waals surface area contributed by atoms with Crippen LogP contribution in [0.5, 0.6) is 0 Å². The van der Waals surface area contributed by atoms with Crippen LogP contribution in [-0.2, 0) is 0 Å². The maximum atomic E-state index is 15.2. The van der Waals surface area contributed by atoms with Gasteiger partial charge in [0, 0.05) is 54.1 Å². The highest BCUT2D eigenvalue weighted by Gasteiger charge is 2.25. The second-order valence-corrected chi connectivity index (χ2v) is 8.24. The van der Waals surface area contributed by atoms with Crippen LogP contribution in [0.3, 0.4) is 0 Å².